The van der Waals surface area contributed by atoms with Crippen molar-refractivity contribution in [2.45, 2.75) is 6.04 Å². The molecule has 0 unspecified atom stereocenters. The third kappa shape index (κ3) is 2.49. The zero-order valence-electron chi connectivity index (χ0n) is 13.9. The molecule has 0 saturated carbocycles. The summed E-state index contributed by atoms with van der Waals surface area (Å²) in [6.07, 6.45) is 5.65. The molecule has 3 heterocycles. The van der Waals surface area contributed by atoms with Crippen molar-refractivity contribution < 1.29 is 4.79 Å². The average Bonchev–Trinajstić information content (AvgIpc) is 3.22. The van der Waals surface area contributed by atoms with E-state index in [0.29, 0.717) is 6.54 Å². The van der Waals surface area contributed by atoms with E-state index >= 15 is 0 Å². The van der Waals surface area contributed by atoms with E-state index in [9.17, 15) is 4.79 Å². The molecule has 1 atom stereocenters. The Hall–Kier alpha value is -2.60. The van der Waals surface area contributed by atoms with Crippen molar-refractivity contribution >= 4 is 16.8 Å². The van der Waals surface area contributed by atoms with Crippen molar-refractivity contribution in [2.75, 3.05) is 26.7 Å². The standard InChI is InChI=1S/C18H21N5O/c1-21-9-10-23(12-16(21)17-20-7-8-22(17)2)18(24)14-3-4-15-13(11-14)5-6-19-15/h3-8,11,16,19H,9-10,12H2,1-2H3/t16-/m1/s1. The Labute approximate surface area is 140 Å². The van der Waals surface area contributed by atoms with E-state index in [1.54, 1.807) is 0 Å². The highest BCUT2D eigenvalue weighted by Gasteiger charge is 2.31. The van der Waals surface area contributed by atoms with Gasteiger partial charge >= 0.3 is 0 Å². The summed E-state index contributed by atoms with van der Waals surface area (Å²) < 4.78 is 2.03. The van der Waals surface area contributed by atoms with Gasteiger partial charge in [0.15, 0.2) is 0 Å². The molecule has 6 nitrogen and oxygen atoms in total. The molecule has 0 bridgehead atoms. The van der Waals surface area contributed by atoms with Gasteiger partial charge in [-0.05, 0) is 31.3 Å². The van der Waals surface area contributed by atoms with E-state index < -0.39 is 0 Å². The Bertz CT molecular complexity index is 880. The summed E-state index contributed by atoms with van der Waals surface area (Å²) >= 11 is 0. The molecule has 3 aromatic rings. The zero-order valence-corrected chi connectivity index (χ0v) is 13.9. The van der Waals surface area contributed by atoms with Crippen LogP contribution >= 0.6 is 0 Å². The Balaban J connectivity index is 1.59. The number of nitrogens with zero attached hydrogens (tertiary/aromatic N) is 4. The SMILES string of the molecule is CN1CCN(C(=O)c2ccc3[nH]ccc3c2)C[C@@H]1c1nccn1C. The number of amides is 1. The first kappa shape index (κ1) is 15.0. The molecule has 1 N–H and O–H groups in total. The molecule has 1 fully saturated rings. The molecule has 1 saturated heterocycles. The van der Waals surface area contributed by atoms with Gasteiger partial charge in [-0.1, -0.05) is 0 Å². The van der Waals surface area contributed by atoms with Gasteiger partial charge in [-0.2, -0.15) is 0 Å². The van der Waals surface area contributed by atoms with Gasteiger partial charge in [0.05, 0.1) is 6.04 Å². The lowest BCUT2D eigenvalue weighted by Gasteiger charge is -2.39. The highest BCUT2D eigenvalue weighted by atomic mass is 16.2. The van der Waals surface area contributed by atoms with Gasteiger partial charge in [0, 0.05) is 61.7 Å². The third-order valence-electron chi connectivity index (χ3n) is 4.89. The minimum Gasteiger partial charge on any atom is -0.361 e. The second kappa shape index (κ2) is 5.79. The molecular weight excluding hydrogens is 302 g/mol. The van der Waals surface area contributed by atoms with Crippen LogP contribution in [0.5, 0.6) is 0 Å². The number of aromatic nitrogens is 3. The predicted octanol–water partition coefficient (Wildman–Crippen LogP) is 2.03. The molecule has 4 rings (SSSR count). The van der Waals surface area contributed by atoms with Gasteiger partial charge in [-0.3, -0.25) is 9.69 Å². The normalized spacial score (nSPS) is 19.1. The van der Waals surface area contributed by atoms with E-state index in [1.807, 2.05) is 59.4 Å². The molecule has 1 amide bonds. The second-order valence-electron chi connectivity index (χ2n) is 6.42. The summed E-state index contributed by atoms with van der Waals surface area (Å²) in [5.41, 5.74) is 1.79. The number of rotatable bonds is 2. The molecular formula is C18H21N5O. The Morgan fingerprint density at radius 1 is 1.25 bits per heavy atom. The van der Waals surface area contributed by atoms with Crippen LogP contribution in [0.4, 0.5) is 0 Å². The topological polar surface area (TPSA) is 57.2 Å². The lowest BCUT2D eigenvalue weighted by Crippen LogP contribution is -2.49. The first-order valence-corrected chi connectivity index (χ1v) is 8.17. The van der Waals surface area contributed by atoms with E-state index in [1.165, 1.54) is 0 Å². The number of hydrogen-bond acceptors (Lipinski definition) is 3. The first-order valence-electron chi connectivity index (χ1n) is 8.17. The van der Waals surface area contributed by atoms with Crippen molar-refractivity contribution in [3.05, 3.63) is 54.2 Å². The van der Waals surface area contributed by atoms with Gasteiger partial charge in [0.1, 0.15) is 5.82 Å². The van der Waals surface area contributed by atoms with Crippen molar-refractivity contribution in [1.82, 2.24) is 24.3 Å². The van der Waals surface area contributed by atoms with Crippen LogP contribution in [0, 0.1) is 0 Å². The maximum absolute atomic E-state index is 12.9. The molecule has 1 aromatic carbocycles. The van der Waals surface area contributed by atoms with Crippen molar-refractivity contribution in [1.29, 1.82) is 0 Å². The number of likely N-dealkylation sites (N-methyl/N-ethyl adjacent to an activating group) is 1. The molecule has 1 aliphatic rings. The maximum atomic E-state index is 12.9. The summed E-state index contributed by atoms with van der Waals surface area (Å²) in [4.78, 5) is 24.8. The fourth-order valence-corrected chi connectivity index (χ4v) is 3.40. The van der Waals surface area contributed by atoms with Crippen molar-refractivity contribution in [2.24, 2.45) is 7.05 Å². The molecule has 0 spiro atoms. The van der Waals surface area contributed by atoms with Crippen LogP contribution in [0.1, 0.15) is 22.2 Å². The average molecular weight is 323 g/mol. The number of aryl methyl sites for hydroxylation is 1. The van der Waals surface area contributed by atoms with E-state index in [0.717, 1.165) is 35.4 Å². The Morgan fingerprint density at radius 2 is 2.12 bits per heavy atom. The van der Waals surface area contributed by atoms with Crippen LogP contribution in [-0.4, -0.2) is 56.9 Å². The number of piperazine rings is 1. The molecule has 0 radical (unpaired) electrons. The summed E-state index contributed by atoms with van der Waals surface area (Å²) in [5.74, 6) is 1.08. The summed E-state index contributed by atoms with van der Waals surface area (Å²) in [7, 11) is 4.09. The number of carbonyl (C=O) groups is 1. The number of imidazole rings is 1. The number of aromatic amines is 1. The largest absolute Gasteiger partial charge is 0.361 e. The second-order valence-corrected chi connectivity index (χ2v) is 6.42. The summed E-state index contributed by atoms with van der Waals surface area (Å²) in [5, 5.41) is 1.07. The van der Waals surface area contributed by atoms with Crippen LogP contribution < -0.4 is 0 Å². The first-order chi connectivity index (χ1) is 11.6. The number of H-pyrrole nitrogens is 1. The van der Waals surface area contributed by atoms with E-state index in [4.69, 9.17) is 0 Å². The minimum atomic E-state index is 0.0883. The lowest BCUT2D eigenvalue weighted by molar-refractivity contribution is 0.0529. The van der Waals surface area contributed by atoms with E-state index in [2.05, 4.69) is 21.9 Å². The lowest BCUT2D eigenvalue weighted by atomic mass is 10.1. The molecule has 124 valence electrons. The maximum Gasteiger partial charge on any atom is 0.253 e. The minimum absolute atomic E-state index is 0.0883. The highest BCUT2D eigenvalue weighted by molar-refractivity contribution is 5.98. The van der Waals surface area contributed by atoms with Gasteiger partial charge in [0.2, 0.25) is 0 Å². The van der Waals surface area contributed by atoms with Crippen LogP contribution in [-0.2, 0) is 7.05 Å². The monoisotopic (exact) mass is 323 g/mol. The van der Waals surface area contributed by atoms with Gasteiger partial charge in [-0.15, -0.1) is 0 Å². The smallest absolute Gasteiger partial charge is 0.253 e. The van der Waals surface area contributed by atoms with Gasteiger partial charge in [-0.25, -0.2) is 4.98 Å². The number of hydrogen-bond donors (Lipinski definition) is 1. The van der Waals surface area contributed by atoms with E-state index in [-0.39, 0.29) is 11.9 Å². The molecule has 24 heavy (non-hydrogen) atoms. The van der Waals surface area contributed by atoms with Crippen LogP contribution in [0.15, 0.2) is 42.9 Å². The number of nitrogens with one attached hydrogen (secondary N) is 1. The summed E-state index contributed by atoms with van der Waals surface area (Å²) in [6.45, 7) is 2.24. The summed E-state index contributed by atoms with van der Waals surface area (Å²) in [6, 6.07) is 7.94. The molecule has 1 aliphatic heterocycles. The third-order valence-corrected chi connectivity index (χ3v) is 4.89. The van der Waals surface area contributed by atoms with Gasteiger partial charge in [0.25, 0.3) is 5.91 Å². The Morgan fingerprint density at radius 3 is 2.92 bits per heavy atom. The fourth-order valence-electron chi connectivity index (χ4n) is 3.40. The molecule has 6 heteroatoms. The van der Waals surface area contributed by atoms with Crippen LogP contribution in [0.2, 0.25) is 0 Å². The number of fused-ring (bicyclic) bond motifs is 1. The van der Waals surface area contributed by atoms with Crippen molar-refractivity contribution in [3.63, 3.8) is 0 Å². The predicted molar refractivity (Wildman–Crippen MR) is 92.8 cm³/mol. The highest BCUT2D eigenvalue weighted by Crippen LogP contribution is 2.24. The Kier molecular flexibility index (Phi) is 3.61. The molecule has 0 aliphatic carbocycles. The number of benzene rings is 1. The molecule has 2 aromatic heterocycles. The fraction of sp³-hybridized carbons (Fsp3) is 0.333. The van der Waals surface area contributed by atoms with Crippen LogP contribution in [0.25, 0.3) is 10.9 Å². The van der Waals surface area contributed by atoms with Crippen LogP contribution in [0.3, 0.4) is 0 Å². The quantitative estimate of drug-likeness (QED) is 0.785. The van der Waals surface area contributed by atoms with Gasteiger partial charge < -0.3 is 14.5 Å². The zero-order chi connectivity index (χ0) is 16.7. The number of carbonyl (C=O) groups excluding carboxylic acids is 1. The van der Waals surface area contributed by atoms with Crippen molar-refractivity contribution in [3.8, 4) is 0 Å².